The van der Waals surface area contributed by atoms with Gasteiger partial charge in [0.25, 0.3) is 0 Å². The summed E-state index contributed by atoms with van der Waals surface area (Å²) in [4.78, 5) is 2.33. The molecule has 2 rings (SSSR count). The zero-order valence-corrected chi connectivity index (χ0v) is 9.98. The lowest BCUT2D eigenvalue weighted by molar-refractivity contribution is 0.254. The number of nitrogens with two attached hydrogens (primary N) is 1. The first-order valence-corrected chi connectivity index (χ1v) is 5.87. The number of hydrogen-bond acceptors (Lipinski definition) is 3. The SMILES string of the molecule is Cc1ccc(O)c(C(C)N2CCC(N)C2)c1. The van der Waals surface area contributed by atoms with Crippen molar-refractivity contribution in [1.29, 1.82) is 0 Å². The number of nitrogens with zero attached hydrogens (tertiary/aromatic N) is 1. The van der Waals surface area contributed by atoms with E-state index in [-0.39, 0.29) is 12.1 Å². The molecule has 88 valence electrons. The summed E-state index contributed by atoms with van der Waals surface area (Å²) in [5.41, 5.74) is 8.10. The van der Waals surface area contributed by atoms with E-state index in [0.29, 0.717) is 5.75 Å². The van der Waals surface area contributed by atoms with Crippen LogP contribution >= 0.6 is 0 Å². The highest BCUT2D eigenvalue weighted by Gasteiger charge is 2.25. The van der Waals surface area contributed by atoms with Gasteiger partial charge in [-0.2, -0.15) is 0 Å². The lowest BCUT2D eigenvalue weighted by atomic mass is 10.0. The molecule has 16 heavy (non-hydrogen) atoms. The molecular formula is C13H20N2O. The third-order valence-corrected chi connectivity index (χ3v) is 3.44. The molecule has 1 aromatic carbocycles. The Hall–Kier alpha value is -1.06. The van der Waals surface area contributed by atoms with Crippen LogP contribution in [0.3, 0.4) is 0 Å². The summed E-state index contributed by atoms with van der Waals surface area (Å²) in [6.45, 7) is 6.13. The molecule has 0 saturated carbocycles. The van der Waals surface area contributed by atoms with E-state index in [4.69, 9.17) is 5.73 Å². The first-order chi connectivity index (χ1) is 7.58. The number of rotatable bonds is 2. The number of hydrogen-bond donors (Lipinski definition) is 2. The molecule has 0 radical (unpaired) electrons. The second kappa shape index (κ2) is 4.44. The molecule has 3 N–H and O–H groups in total. The third-order valence-electron chi connectivity index (χ3n) is 3.44. The highest BCUT2D eigenvalue weighted by Crippen LogP contribution is 2.31. The number of aromatic hydroxyl groups is 1. The fourth-order valence-corrected chi connectivity index (χ4v) is 2.37. The van der Waals surface area contributed by atoms with Gasteiger partial charge in [0.2, 0.25) is 0 Å². The van der Waals surface area contributed by atoms with Gasteiger partial charge in [-0.3, -0.25) is 4.90 Å². The fourth-order valence-electron chi connectivity index (χ4n) is 2.37. The Morgan fingerprint density at radius 3 is 2.88 bits per heavy atom. The Balaban J connectivity index is 2.20. The summed E-state index contributed by atoms with van der Waals surface area (Å²) in [7, 11) is 0. The largest absolute Gasteiger partial charge is 0.508 e. The molecule has 1 fully saturated rings. The van der Waals surface area contributed by atoms with Gasteiger partial charge < -0.3 is 10.8 Å². The van der Waals surface area contributed by atoms with Crippen molar-refractivity contribution in [1.82, 2.24) is 4.90 Å². The molecule has 1 aliphatic heterocycles. The van der Waals surface area contributed by atoms with Gasteiger partial charge in [0, 0.05) is 30.7 Å². The average molecular weight is 220 g/mol. The van der Waals surface area contributed by atoms with Crippen molar-refractivity contribution >= 4 is 0 Å². The quantitative estimate of drug-likeness (QED) is 0.799. The Bertz CT molecular complexity index is 378. The standard InChI is InChI=1S/C13H20N2O/c1-9-3-4-13(16)12(7-9)10(2)15-6-5-11(14)8-15/h3-4,7,10-11,16H,5-6,8,14H2,1-2H3. The molecular weight excluding hydrogens is 200 g/mol. The van der Waals surface area contributed by atoms with Crippen LogP contribution in [0.1, 0.15) is 30.5 Å². The molecule has 1 aromatic rings. The fraction of sp³-hybridized carbons (Fsp3) is 0.538. The van der Waals surface area contributed by atoms with Gasteiger partial charge in [0.15, 0.2) is 0 Å². The maximum absolute atomic E-state index is 9.87. The Kier molecular flexibility index (Phi) is 3.17. The molecule has 1 heterocycles. The summed E-state index contributed by atoms with van der Waals surface area (Å²) in [5.74, 6) is 0.388. The monoisotopic (exact) mass is 220 g/mol. The van der Waals surface area contributed by atoms with Crippen LogP contribution in [-0.4, -0.2) is 29.1 Å². The van der Waals surface area contributed by atoms with Crippen molar-refractivity contribution in [2.24, 2.45) is 5.73 Å². The predicted molar refractivity (Wildman–Crippen MR) is 65.4 cm³/mol. The third kappa shape index (κ3) is 2.20. The van der Waals surface area contributed by atoms with Gasteiger partial charge in [0.05, 0.1) is 0 Å². The van der Waals surface area contributed by atoms with Crippen LogP contribution in [0.4, 0.5) is 0 Å². The van der Waals surface area contributed by atoms with E-state index in [9.17, 15) is 5.11 Å². The van der Waals surface area contributed by atoms with Crippen LogP contribution in [0.5, 0.6) is 5.75 Å². The minimum absolute atomic E-state index is 0.244. The second-order valence-electron chi connectivity index (χ2n) is 4.78. The molecule has 0 aliphatic carbocycles. The molecule has 1 aliphatic rings. The lowest BCUT2D eigenvalue weighted by Gasteiger charge is -2.25. The molecule has 0 spiro atoms. The van der Waals surface area contributed by atoms with E-state index in [1.807, 2.05) is 13.0 Å². The summed E-state index contributed by atoms with van der Waals surface area (Å²) < 4.78 is 0. The second-order valence-corrected chi connectivity index (χ2v) is 4.78. The molecule has 2 atom stereocenters. The Labute approximate surface area is 96.9 Å². The summed E-state index contributed by atoms with van der Waals surface area (Å²) in [6, 6.07) is 6.30. The van der Waals surface area contributed by atoms with Gasteiger partial charge in [-0.15, -0.1) is 0 Å². The highest BCUT2D eigenvalue weighted by molar-refractivity contribution is 5.37. The van der Waals surface area contributed by atoms with Crippen LogP contribution in [0, 0.1) is 6.92 Å². The van der Waals surface area contributed by atoms with Crippen LogP contribution in [0.25, 0.3) is 0 Å². The van der Waals surface area contributed by atoms with E-state index in [0.717, 1.165) is 25.1 Å². The number of benzene rings is 1. The molecule has 1 saturated heterocycles. The molecule has 3 heteroatoms. The molecule has 0 bridgehead atoms. The van der Waals surface area contributed by atoms with Crippen molar-refractivity contribution in [2.45, 2.75) is 32.4 Å². The highest BCUT2D eigenvalue weighted by atomic mass is 16.3. The van der Waals surface area contributed by atoms with Crippen LogP contribution in [-0.2, 0) is 0 Å². The van der Waals surface area contributed by atoms with Gasteiger partial charge >= 0.3 is 0 Å². The molecule has 0 aromatic heterocycles. The van der Waals surface area contributed by atoms with E-state index < -0.39 is 0 Å². The number of phenols is 1. The van der Waals surface area contributed by atoms with E-state index in [1.54, 1.807) is 6.07 Å². The zero-order chi connectivity index (χ0) is 11.7. The Morgan fingerprint density at radius 1 is 1.50 bits per heavy atom. The minimum Gasteiger partial charge on any atom is -0.508 e. The van der Waals surface area contributed by atoms with Gasteiger partial charge in [-0.25, -0.2) is 0 Å². The van der Waals surface area contributed by atoms with Crippen molar-refractivity contribution in [2.75, 3.05) is 13.1 Å². The van der Waals surface area contributed by atoms with Gasteiger partial charge in [-0.1, -0.05) is 17.7 Å². The van der Waals surface area contributed by atoms with Gasteiger partial charge in [0.1, 0.15) is 5.75 Å². The first kappa shape index (κ1) is 11.4. The number of aryl methyl sites for hydroxylation is 1. The van der Waals surface area contributed by atoms with Crippen LogP contribution < -0.4 is 5.73 Å². The van der Waals surface area contributed by atoms with Crippen molar-refractivity contribution < 1.29 is 5.11 Å². The minimum atomic E-state index is 0.244. The van der Waals surface area contributed by atoms with Crippen LogP contribution in [0.15, 0.2) is 18.2 Å². The maximum atomic E-state index is 9.87. The average Bonchev–Trinajstić information content (AvgIpc) is 2.67. The predicted octanol–water partition coefficient (Wildman–Crippen LogP) is 1.79. The Morgan fingerprint density at radius 2 is 2.25 bits per heavy atom. The first-order valence-electron chi connectivity index (χ1n) is 5.87. The normalized spacial score (nSPS) is 23.6. The van der Waals surface area contributed by atoms with Crippen molar-refractivity contribution in [3.63, 3.8) is 0 Å². The zero-order valence-electron chi connectivity index (χ0n) is 9.98. The van der Waals surface area contributed by atoms with E-state index >= 15 is 0 Å². The lowest BCUT2D eigenvalue weighted by Crippen LogP contribution is -2.28. The van der Waals surface area contributed by atoms with Crippen LogP contribution in [0.2, 0.25) is 0 Å². The molecule has 3 nitrogen and oxygen atoms in total. The molecule has 2 unspecified atom stereocenters. The summed E-state index contributed by atoms with van der Waals surface area (Å²) >= 11 is 0. The number of likely N-dealkylation sites (tertiary alicyclic amines) is 1. The van der Waals surface area contributed by atoms with Crippen molar-refractivity contribution in [3.8, 4) is 5.75 Å². The van der Waals surface area contributed by atoms with E-state index in [2.05, 4.69) is 17.9 Å². The topological polar surface area (TPSA) is 49.5 Å². The maximum Gasteiger partial charge on any atom is 0.120 e. The smallest absolute Gasteiger partial charge is 0.120 e. The summed E-state index contributed by atoms with van der Waals surface area (Å²) in [6.07, 6.45) is 1.05. The van der Waals surface area contributed by atoms with Gasteiger partial charge in [-0.05, 0) is 26.3 Å². The summed E-state index contributed by atoms with van der Waals surface area (Å²) in [5, 5.41) is 9.87. The molecule has 0 amide bonds. The number of phenolic OH excluding ortho intramolecular Hbond substituents is 1. The van der Waals surface area contributed by atoms with E-state index in [1.165, 1.54) is 5.56 Å². The van der Waals surface area contributed by atoms with Crippen molar-refractivity contribution in [3.05, 3.63) is 29.3 Å².